The lowest BCUT2D eigenvalue weighted by Gasteiger charge is -2.07. The molecular weight excluding hydrogens is 324 g/mol. The molecule has 2 heterocycles. The number of aromatic amines is 1. The summed E-state index contributed by atoms with van der Waals surface area (Å²) in [4.78, 5) is 12.6. The van der Waals surface area contributed by atoms with Gasteiger partial charge < -0.3 is 0 Å². The van der Waals surface area contributed by atoms with Crippen molar-refractivity contribution in [3.05, 3.63) is 56.5 Å². The zero-order chi connectivity index (χ0) is 15.9. The van der Waals surface area contributed by atoms with Crippen molar-refractivity contribution in [2.75, 3.05) is 11.5 Å². The van der Waals surface area contributed by atoms with Gasteiger partial charge in [0.2, 0.25) is 0 Å². The van der Waals surface area contributed by atoms with Crippen LogP contribution >= 0.6 is 11.6 Å². The summed E-state index contributed by atoms with van der Waals surface area (Å²) < 4.78 is 24.7. The van der Waals surface area contributed by atoms with Crippen LogP contribution in [0, 0.1) is 6.92 Å². The van der Waals surface area contributed by atoms with E-state index in [0.717, 1.165) is 11.3 Å². The van der Waals surface area contributed by atoms with E-state index in [1.807, 2.05) is 25.1 Å². The SMILES string of the molecule is Cc1[nH]n(C2CCS(=O)(=O)C2)c(=O)c1Cc1ccccc1Cl. The molecule has 0 amide bonds. The Morgan fingerprint density at radius 1 is 1.36 bits per heavy atom. The van der Waals surface area contributed by atoms with Gasteiger partial charge in [-0.2, -0.15) is 0 Å². The highest BCUT2D eigenvalue weighted by molar-refractivity contribution is 7.91. The summed E-state index contributed by atoms with van der Waals surface area (Å²) in [5.41, 5.74) is 2.13. The van der Waals surface area contributed by atoms with Crippen LogP contribution in [0.1, 0.15) is 29.3 Å². The van der Waals surface area contributed by atoms with Gasteiger partial charge in [-0.25, -0.2) is 13.1 Å². The van der Waals surface area contributed by atoms with Crippen LogP contribution in [0.25, 0.3) is 0 Å². The van der Waals surface area contributed by atoms with E-state index in [9.17, 15) is 13.2 Å². The summed E-state index contributed by atoms with van der Waals surface area (Å²) in [5, 5.41) is 3.65. The summed E-state index contributed by atoms with van der Waals surface area (Å²) in [7, 11) is -3.03. The Balaban J connectivity index is 1.95. The molecule has 0 radical (unpaired) electrons. The van der Waals surface area contributed by atoms with Gasteiger partial charge in [0.1, 0.15) is 0 Å². The van der Waals surface area contributed by atoms with Gasteiger partial charge in [-0.05, 0) is 25.0 Å². The minimum atomic E-state index is -3.03. The molecule has 0 spiro atoms. The zero-order valence-corrected chi connectivity index (χ0v) is 13.7. The number of nitrogens with zero attached hydrogens (tertiary/aromatic N) is 1. The topological polar surface area (TPSA) is 71.9 Å². The summed E-state index contributed by atoms with van der Waals surface area (Å²) in [6.07, 6.45) is 0.918. The Bertz CT molecular complexity index is 867. The lowest BCUT2D eigenvalue weighted by Crippen LogP contribution is -2.25. The second kappa shape index (κ2) is 5.59. The van der Waals surface area contributed by atoms with E-state index >= 15 is 0 Å². The van der Waals surface area contributed by atoms with Gasteiger partial charge in [-0.1, -0.05) is 29.8 Å². The highest BCUT2D eigenvalue weighted by Gasteiger charge is 2.31. The van der Waals surface area contributed by atoms with Crippen molar-refractivity contribution in [2.45, 2.75) is 25.8 Å². The number of sulfone groups is 1. The molecule has 118 valence electrons. The van der Waals surface area contributed by atoms with E-state index in [1.54, 1.807) is 6.07 Å². The van der Waals surface area contributed by atoms with E-state index in [4.69, 9.17) is 11.6 Å². The molecule has 0 aliphatic carbocycles. The van der Waals surface area contributed by atoms with Crippen LogP contribution in [0.5, 0.6) is 0 Å². The number of H-pyrrole nitrogens is 1. The average molecular weight is 341 g/mol. The van der Waals surface area contributed by atoms with Crippen LogP contribution < -0.4 is 5.56 Å². The summed E-state index contributed by atoms with van der Waals surface area (Å²) in [6.45, 7) is 1.83. The number of benzene rings is 1. The molecule has 1 saturated heterocycles. The van der Waals surface area contributed by atoms with Crippen LogP contribution in [0.15, 0.2) is 29.1 Å². The lowest BCUT2D eigenvalue weighted by atomic mass is 10.1. The van der Waals surface area contributed by atoms with Crippen LogP contribution in [0.3, 0.4) is 0 Å². The first-order valence-electron chi connectivity index (χ1n) is 7.11. The van der Waals surface area contributed by atoms with Crippen molar-refractivity contribution in [1.29, 1.82) is 0 Å². The third kappa shape index (κ3) is 2.85. The largest absolute Gasteiger partial charge is 0.299 e. The first-order chi connectivity index (χ1) is 10.4. The van der Waals surface area contributed by atoms with Crippen LogP contribution in [-0.2, 0) is 16.3 Å². The zero-order valence-electron chi connectivity index (χ0n) is 12.2. The maximum atomic E-state index is 12.6. The minimum Gasteiger partial charge on any atom is -0.299 e. The van der Waals surface area contributed by atoms with Gasteiger partial charge in [0.25, 0.3) is 5.56 Å². The number of hydrogen-bond donors (Lipinski definition) is 1. The first kappa shape index (κ1) is 15.4. The Labute approximate surface area is 133 Å². The van der Waals surface area contributed by atoms with Crippen molar-refractivity contribution in [3.63, 3.8) is 0 Å². The van der Waals surface area contributed by atoms with Crippen LogP contribution in [0.2, 0.25) is 5.02 Å². The summed E-state index contributed by atoms with van der Waals surface area (Å²) >= 11 is 6.15. The van der Waals surface area contributed by atoms with Crippen molar-refractivity contribution in [1.82, 2.24) is 9.78 Å². The predicted octanol–water partition coefficient (Wildman–Crippen LogP) is 2.09. The Hall–Kier alpha value is -1.53. The van der Waals surface area contributed by atoms with Crippen molar-refractivity contribution < 1.29 is 8.42 Å². The average Bonchev–Trinajstić information content (AvgIpc) is 2.95. The van der Waals surface area contributed by atoms with E-state index in [2.05, 4.69) is 5.10 Å². The van der Waals surface area contributed by atoms with Crippen molar-refractivity contribution >= 4 is 21.4 Å². The molecule has 1 N–H and O–H groups in total. The van der Waals surface area contributed by atoms with E-state index in [0.29, 0.717) is 23.4 Å². The molecule has 1 atom stereocenters. The number of rotatable bonds is 3. The number of nitrogens with one attached hydrogen (secondary N) is 1. The summed E-state index contributed by atoms with van der Waals surface area (Å²) in [5.74, 6) is 0.167. The first-order valence-corrected chi connectivity index (χ1v) is 9.31. The maximum absolute atomic E-state index is 12.6. The molecule has 1 aromatic carbocycles. The molecule has 3 rings (SSSR count). The third-order valence-electron chi connectivity index (χ3n) is 4.12. The Morgan fingerprint density at radius 2 is 2.09 bits per heavy atom. The van der Waals surface area contributed by atoms with Gasteiger partial charge in [0.15, 0.2) is 9.84 Å². The molecule has 1 unspecified atom stereocenters. The fraction of sp³-hybridized carbons (Fsp3) is 0.400. The van der Waals surface area contributed by atoms with Gasteiger partial charge in [0, 0.05) is 22.7 Å². The molecule has 2 aromatic rings. The van der Waals surface area contributed by atoms with Gasteiger partial charge >= 0.3 is 0 Å². The predicted molar refractivity (Wildman–Crippen MR) is 86.4 cm³/mol. The monoisotopic (exact) mass is 340 g/mol. The fourth-order valence-corrected chi connectivity index (χ4v) is 4.78. The van der Waals surface area contributed by atoms with Crippen molar-refractivity contribution in [2.24, 2.45) is 0 Å². The number of hydrogen-bond acceptors (Lipinski definition) is 3. The molecule has 5 nitrogen and oxygen atoms in total. The molecule has 1 fully saturated rings. The highest BCUT2D eigenvalue weighted by Crippen LogP contribution is 2.23. The van der Waals surface area contributed by atoms with Gasteiger partial charge in [-0.15, -0.1) is 0 Å². The quantitative estimate of drug-likeness (QED) is 0.929. The highest BCUT2D eigenvalue weighted by atomic mass is 35.5. The van der Waals surface area contributed by atoms with Crippen LogP contribution in [-0.4, -0.2) is 29.7 Å². The number of aromatic nitrogens is 2. The minimum absolute atomic E-state index is 0.0262. The summed E-state index contributed by atoms with van der Waals surface area (Å²) in [6, 6.07) is 7.11. The number of halogens is 1. The molecule has 7 heteroatoms. The van der Waals surface area contributed by atoms with E-state index in [-0.39, 0.29) is 23.1 Å². The fourth-order valence-electron chi connectivity index (χ4n) is 2.88. The van der Waals surface area contributed by atoms with E-state index in [1.165, 1.54) is 4.68 Å². The van der Waals surface area contributed by atoms with E-state index < -0.39 is 9.84 Å². The van der Waals surface area contributed by atoms with Crippen molar-refractivity contribution in [3.8, 4) is 0 Å². The second-order valence-electron chi connectivity index (χ2n) is 5.72. The number of aryl methyl sites for hydroxylation is 1. The standard InChI is InChI=1S/C15H17ClN2O3S/c1-10-13(8-11-4-2-3-5-14(11)16)15(19)18(17-10)12-6-7-22(20,21)9-12/h2-5,12,17H,6-9H2,1H3. The molecule has 0 saturated carbocycles. The van der Waals surface area contributed by atoms with Gasteiger partial charge in [-0.3, -0.25) is 9.89 Å². The maximum Gasteiger partial charge on any atom is 0.270 e. The lowest BCUT2D eigenvalue weighted by molar-refractivity contribution is 0.483. The van der Waals surface area contributed by atoms with Gasteiger partial charge in [0.05, 0.1) is 17.5 Å². The molecule has 1 aliphatic heterocycles. The second-order valence-corrected chi connectivity index (χ2v) is 8.35. The molecule has 1 aromatic heterocycles. The smallest absolute Gasteiger partial charge is 0.270 e. The molecule has 1 aliphatic rings. The third-order valence-corrected chi connectivity index (χ3v) is 6.24. The Morgan fingerprint density at radius 3 is 2.73 bits per heavy atom. The normalized spacial score (nSPS) is 20.4. The molecular formula is C15H17ClN2O3S. The molecule has 22 heavy (non-hydrogen) atoms. The molecule has 0 bridgehead atoms. The van der Waals surface area contributed by atoms with Crippen LogP contribution in [0.4, 0.5) is 0 Å². The Kier molecular flexibility index (Phi) is 3.91.